The van der Waals surface area contributed by atoms with E-state index in [4.69, 9.17) is 34.8 Å². The Morgan fingerprint density at radius 1 is 1.07 bits per heavy atom. The molecule has 40 heavy (non-hydrogen) atoms. The Bertz CT molecular complexity index is 1510. The molecule has 3 aromatic rings. The number of hydrogen-bond donors (Lipinski definition) is 1. The molecular weight excluding hydrogens is 575 g/mol. The van der Waals surface area contributed by atoms with Crippen LogP contribution in [0, 0.1) is 48.1 Å². The van der Waals surface area contributed by atoms with Gasteiger partial charge in [-0.25, -0.2) is 0 Å². The fourth-order valence-corrected chi connectivity index (χ4v) is 9.00. The predicted octanol–water partition coefficient (Wildman–Crippen LogP) is 7.25. The lowest BCUT2D eigenvalue weighted by atomic mass is 9.46. The largest absolute Gasteiger partial charge is 0.408 e. The van der Waals surface area contributed by atoms with Crippen molar-refractivity contribution in [3.05, 3.63) is 66.0 Å². The normalized spacial score (nSPS) is 26.9. The second-order valence-corrected chi connectivity index (χ2v) is 13.4. The van der Waals surface area contributed by atoms with Crippen molar-refractivity contribution in [2.24, 2.45) is 17.3 Å². The van der Waals surface area contributed by atoms with Crippen LogP contribution >= 0.6 is 34.8 Å². The van der Waals surface area contributed by atoms with Gasteiger partial charge in [0, 0.05) is 22.0 Å². The van der Waals surface area contributed by atoms with E-state index in [0.717, 1.165) is 55.5 Å². The molecule has 212 valence electrons. The summed E-state index contributed by atoms with van der Waals surface area (Å²) in [6.07, 6.45) is 6.08. The van der Waals surface area contributed by atoms with E-state index >= 15 is 0 Å². The van der Waals surface area contributed by atoms with Crippen LogP contribution in [0.1, 0.15) is 67.6 Å². The number of amides is 1. The highest BCUT2D eigenvalue weighted by Crippen LogP contribution is 2.65. The number of nitrogens with one attached hydrogen (secondary N) is 1. The molecular formula is C28H31Cl3N6O3. The van der Waals surface area contributed by atoms with Crippen molar-refractivity contribution in [1.82, 2.24) is 19.6 Å². The van der Waals surface area contributed by atoms with Crippen molar-refractivity contribution >= 4 is 52.2 Å². The molecule has 4 aliphatic rings. The Morgan fingerprint density at radius 3 is 2.33 bits per heavy atom. The van der Waals surface area contributed by atoms with Crippen molar-refractivity contribution in [3.63, 3.8) is 0 Å². The van der Waals surface area contributed by atoms with Gasteiger partial charge in [-0.15, -0.1) is 0 Å². The van der Waals surface area contributed by atoms with E-state index < -0.39 is 4.92 Å². The lowest BCUT2D eigenvalue weighted by molar-refractivity contribution is -0.389. The SMILES string of the molecule is Cc1nn(Cc2c(Cl)cccc2Cl)c(C)c1NC(=O)CC12CC3CC(C1)CC(n1nc([N+](=O)[O-])c(Cl)c1C)(C3)C2. The maximum Gasteiger partial charge on any atom is 0.408 e. The molecule has 0 saturated heterocycles. The molecule has 4 aliphatic carbocycles. The first-order valence-corrected chi connectivity index (χ1v) is 14.7. The molecule has 0 spiro atoms. The monoisotopic (exact) mass is 604 g/mol. The summed E-state index contributed by atoms with van der Waals surface area (Å²) >= 11 is 19.1. The Hall–Kier alpha value is -2.62. The molecule has 2 unspecified atom stereocenters. The second-order valence-electron chi connectivity index (χ2n) is 12.2. The Kier molecular flexibility index (Phi) is 6.71. The van der Waals surface area contributed by atoms with Gasteiger partial charge in [0.2, 0.25) is 5.91 Å². The molecule has 7 rings (SSSR count). The number of nitro groups is 1. The molecule has 0 aliphatic heterocycles. The number of aromatic nitrogens is 4. The maximum atomic E-state index is 13.6. The van der Waals surface area contributed by atoms with Gasteiger partial charge in [0.15, 0.2) is 5.02 Å². The first kappa shape index (κ1) is 27.5. The van der Waals surface area contributed by atoms with E-state index in [-0.39, 0.29) is 27.7 Å². The van der Waals surface area contributed by atoms with Crippen LogP contribution in [0.15, 0.2) is 18.2 Å². The molecule has 1 N–H and O–H groups in total. The molecule has 4 bridgehead atoms. The lowest BCUT2D eigenvalue weighted by Crippen LogP contribution is -2.57. The average molecular weight is 606 g/mol. The topological polar surface area (TPSA) is 108 Å². The van der Waals surface area contributed by atoms with Gasteiger partial charge in [0.05, 0.1) is 40.0 Å². The van der Waals surface area contributed by atoms with Crippen LogP contribution in [0.4, 0.5) is 11.5 Å². The van der Waals surface area contributed by atoms with E-state index in [2.05, 4.69) is 15.5 Å². The first-order valence-electron chi connectivity index (χ1n) is 13.6. The third-order valence-electron chi connectivity index (χ3n) is 9.35. The van der Waals surface area contributed by atoms with Crippen LogP contribution in [0.5, 0.6) is 0 Å². The summed E-state index contributed by atoms with van der Waals surface area (Å²) in [7, 11) is 0. The molecule has 12 heteroatoms. The number of carbonyl (C=O) groups excluding carboxylic acids is 1. The molecule has 2 atom stereocenters. The zero-order valence-corrected chi connectivity index (χ0v) is 24.9. The van der Waals surface area contributed by atoms with E-state index in [1.807, 2.05) is 23.2 Å². The molecule has 2 heterocycles. The van der Waals surface area contributed by atoms with Gasteiger partial charge in [-0.05, 0) is 93.6 Å². The zero-order valence-electron chi connectivity index (χ0n) is 22.6. The van der Waals surface area contributed by atoms with Crippen LogP contribution < -0.4 is 5.32 Å². The van der Waals surface area contributed by atoms with Crippen molar-refractivity contribution < 1.29 is 9.72 Å². The summed E-state index contributed by atoms with van der Waals surface area (Å²) in [6.45, 7) is 6.01. The number of halogens is 3. The third-order valence-corrected chi connectivity index (χ3v) is 10.5. The van der Waals surface area contributed by atoms with E-state index in [0.29, 0.717) is 46.2 Å². The standard InChI is InChI=1S/C28H31Cl3N6O3/c1-15-25(17(3)35(33-15)13-20-21(29)5-4-6-22(20)30)32-23(38)12-27-8-18-7-19(9-27)11-28(10-18,14-27)36-16(2)24(31)26(34-36)37(39)40/h4-6,18-19H,7-14H2,1-3H3,(H,32,38). The summed E-state index contributed by atoms with van der Waals surface area (Å²) in [5.74, 6) is 0.590. The van der Waals surface area contributed by atoms with Gasteiger partial charge in [-0.2, -0.15) is 9.78 Å². The van der Waals surface area contributed by atoms with E-state index in [9.17, 15) is 14.9 Å². The lowest BCUT2D eigenvalue weighted by Gasteiger charge is -2.61. The third kappa shape index (κ3) is 4.50. The minimum Gasteiger partial charge on any atom is -0.358 e. The molecule has 2 aromatic heterocycles. The van der Waals surface area contributed by atoms with Crippen molar-refractivity contribution in [1.29, 1.82) is 0 Å². The Balaban J connectivity index is 1.24. The molecule has 9 nitrogen and oxygen atoms in total. The maximum absolute atomic E-state index is 13.6. The highest BCUT2D eigenvalue weighted by molar-refractivity contribution is 6.36. The van der Waals surface area contributed by atoms with Gasteiger partial charge in [0.25, 0.3) is 0 Å². The Labute approximate surface area is 247 Å². The number of benzene rings is 1. The van der Waals surface area contributed by atoms with Crippen LogP contribution in [-0.2, 0) is 16.9 Å². The predicted molar refractivity (Wildman–Crippen MR) is 154 cm³/mol. The summed E-state index contributed by atoms with van der Waals surface area (Å²) in [4.78, 5) is 24.7. The quantitative estimate of drug-likeness (QED) is 0.225. The van der Waals surface area contributed by atoms with E-state index in [1.54, 1.807) is 25.1 Å². The number of rotatable bonds is 7. The van der Waals surface area contributed by atoms with Crippen molar-refractivity contribution in [2.45, 2.75) is 77.8 Å². The summed E-state index contributed by atoms with van der Waals surface area (Å²) in [6, 6.07) is 5.40. The fraction of sp³-hybridized carbons (Fsp3) is 0.536. The van der Waals surface area contributed by atoms with Crippen LogP contribution in [0.3, 0.4) is 0 Å². The van der Waals surface area contributed by atoms with Gasteiger partial charge in [0.1, 0.15) is 0 Å². The molecule has 1 amide bonds. The molecule has 1 aromatic carbocycles. The minimum atomic E-state index is -0.514. The number of anilines is 1. The smallest absolute Gasteiger partial charge is 0.358 e. The first-order chi connectivity index (χ1) is 18.9. The van der Waals surface area contributed by atoms with Crippen molar-refractivity contribution in [3.8, 4) is 0 Å². The van der Waals surface area contributed by atoms with Crippen LogP contribution in [0.2, 0.25) is 15.1 Å². The highest BCUT2D eigenvalue weighted by atomic mass is 35.5. The summed E-state index contributed by atoms with van der Waals surface area (Å²) < 4.78 is 3.64. The van der Waals surface area contributed by atoms with Crippen LogP contribution in [0.25, 0.3) is 0 Å². The average Bonchev–Trinajstić information content (AvgIpc) is 3.31. The number of nitrogens with zero attached hydrogens (tertiary/aromatic N) is 5. The summed E-state index contributed by atoms with van der Waals surface area (Å²) in [5, 5.41) is 25.0. The van der Waals surface area contributed by atoms with E-state index in [1.165, 1.54) is 0 Å². The molecule has 0 radical (unpaired) electrons. The number of hydrogen-bond acceptors (Lipinski definition) is 5. The van der Waals surface area contributed by atoms with Gasteiger partial charge in [-0.1, -0.05) is 40.9 Å². The highest BCUT2D eigenvalue weighted by Gasteiger charge is 2.61. The van der Waals surface area contributed by atoms with Gasteiger partial charge >= 0.3 is 5.82 Å². The van der Waals surface area contributed by atoms with Crippen LogP contribution in [-0.4, -0.2) is 30.4 Å². The second kappa shape index (κ2) is 9.74. The summed E-state index contributed by atoms with van der Waals surface area (Å²) in [5.41, 5.74) is 3.14. The minimum absolute atomic E-state index is 0.0418. The molecule has 4 fully saturated rings. The van der Waals surface area contributed by atoms with Crippen molar-refractivity contribution in [2.75, 3.05) is 5.32 Å². The fourth-order valence-electron chi connectivity index (χ4n) is 8.29. The molecule has 4 saturated carbocycles. The van der Waals surface area contributed by atoms with Gasteiger partial charge < -0.3 is 15.4 Å². The Morgan fingerprint density at radius 2 is 1.73 bits per heavy atom. The van der Waals surface area contributed by atoms with Gasteiger partial charge in [-0.3, -0.25) is 9.48 Å². The zero-order chi connectivity index (χ0) is 28.6. The number of carbonyl (C=O) groups is 1. The number of aryl methyl sites for hydroxylation is 1.